The molecule has 0 bridgehead atoms. The van der Waals surface area contributed by atoms with Crippen LogP contribution in [0.25, 0.3) is 0 Å². The van der Waals surface area contributed by atoms with Gasteiger partial charge in [-0.3, -0.25) is 0 Å². The van der Waals surface area contributed by atoms with Gasteiger partial charge in [0, 0.05) is 0 Å². The van der Waals surface area contributed by atoms with Crippen LogP contribution in [0.5, 0.6) is 5.75 Å². The highest BCUT2D eigenvalue weighted by atomic mass is 19.1. The molecule has 2 aromatic carbocycles. The third-order valence-corrected chi connectivity index (χ3v) is 7.88. The van der Waals surface area contributed by atoms with E-state index in [4.69, 9.17) is 4.74 Å². The molecule has 0 amide bonds. The summed E-state index contributed by atoms with van der Waals surface area (Å²) in [6.07, 6.45) is 14.5. The monoisotopic (exact) mass is 436 g/mol. The minimum absolute atomic E-state index is 0.0175. The van der Waals surface area contributed by atoms with Crippen LogP contribution in [-0.4, -0.2) is 6.61 Å². The predicted molar refractivity (Wildman–Crippen MR) is 132 cm³/mol. The first-order chi connectivity index (χ1) is 15.7. The molecule has 0 spiro atoms. The molecule has 0 heterocycles. The molecule has 32 heavy (non-hydrogen) atoms. The van der Waals surface area contributed by atoms with Gasteiger partial charge in [-0.25, -0.2) is 4.39 Å². The molecule has 1 fully saturated rings. The van der Waals surface area contributed by atoms with Crippen molar-refractivity contribution in [1.29, 1.82) is 0 Å². The summed E-state index contributed by atoms with van der Waals surface area (Å²) < 4.78 is 21.0. The molecule has 2 aliphatic carbocycles. The first-order valence-electron chi connectivity index (χ1n) is 13.2. The average molecular weight is 437 g/mol. The lowest BCUT2D eigenvalue weighted by Gasteiger charge is -2.30. The van der Waals surface area contributed by atoms with Gasteiger partial charge in [-0.2, -0.15) is 0 Å². The van der Waals surface area contributed by atoms with Gasteiger partial charge in [-0.1, -0.05) is 57.7 Å². The van der Waals surface area contributed by atoms with Crippen LogP contribution in [0.1, 0.15) is 112 Å². The maximum absolute atomic E-state index is 15.2. The zero-order valence-electron chi connectivity index (χ0n) is 20.2. The van der Waals surface area contributed by atoms with E-state index in [9.17, 15) is 0 Å². The Morgan fingerprint density at radius 3 is 2.44 bits per heavy atom. The maximum atomic E-state index is 15.2. The Labute approximate surface area is 194 Å². The lowest BCUT2D eigenvalue weighted by molar-refractivity contribution is 0.302. The summed E-state index contributed by atoms with van der Waals surface area (Å²) >= 11 is 0. The van der Waals surface area contributed by atoms with Crippen molar-refractivity contribution in [3.8, 4) is 5.75 Å². The smallest absolute Gasteiger partial charge is 0.126 e. The Kier molecular flexibility index (Phi) is 8.27. The van der Waals surface area contributed by atoms with E-state index in [-0.39, 0.29) is 11.7 Å². The summed E-state index contributed by atoms with van der Waals surface area (Å²) in [5.41, 5.74) is 4.88. The number of benzene rings is 2. The van der Waals surface area contributed by atoms with Gasteiger partial charge < -0.3 is 4.74 Å². The number of hydrogen-bond donors (Lipinski definition) is 0. The van der Waals surface area contributed by atoms with Crippen molar-refractivity contribution in [3.05, 3.63) is 64.5 Å². The second-order valence-electron chi connectivity index (χ2n) is 10.2. The molecule has 4 rings (SSSR count). The summed E-state index contributed by atoms with van der Waals surface area (Å²) in [5.74, 6) is 2.73. The van der Waals surface area contributed by atoms with Crippen LogP contribution in [0, 0.1) is 11.7 Å². The normalized spacial score (nSPS) is 23.0. The Balaban J connectivity index is 1.36. The third-order valence-electron chi connectivity index (χ3n) is 7.88. The van der Waals surface area contributed by atoms with Crippen LogP contribution in [0.15, 0.2) is 36.4 Å². The van der Waals surface area contributed by atoms with E-state index in [2.05, 4.69) is 44.2 Å². The third kappa shape index (κ3) is 5.74. The molecule has 0 aliphatic heterocycles. The topological polar surface area (TPSA) is 9.23 Å². The predicted octanol–water partition coefficient (Wildman–Crippen LogP) is 8.74. The number of fused-ring (bicyclic) bond motifs is 1. The number of halogens is 1. The summed E-state index contributed by atoms with van der Waals surface area (Å²) in [5, 5.41) is 0. The Hall–Kier alpha value is -1.83. The van der Waals surface area contributed by atoms with E-state index in [0.29, 0.717) is 5.92 Å². The summed E-state index contributed by atoms with van der Waals surface area (Å²) in [4.78, 5) is 0. The summed E-state index contributed by atoms with van der Waals surface area (Å²) in [7, 11) is 0. The molecular weight excluding hydrogens is 395 g/mol. The van der Waals surface area contributed by atoms with Gasteiger partial charge in [0.25, 0.3) is 0 Å². The molecule has 2 aliphatic rings. The second-order valence-corrected chi connectivity index (χ2v) is 10.2. The van der Waals surface area contributed by atoms with Crippen LogP contribution < -0.4 is 4.74 Å². The number of ether oxygens (including phenoxy) is 1. The standard InChI is InChI=1S/C30H41FO/c1-3-5-6-7-22-8-10-23(11-9-22)26-15-17-29(30(31)21-26)27-13-12-25-20-28(32-18-4-2)16-14-24(25)19-27/h14-17,20-23,27H,3-13,18-19H2,1-2H3. The van der Waals surface area contributed by atoms with Crippen molar-refractivity contribution >= 4 is 0 Å². The van der Waals surface area contributed by atoms with Crippen molar-refractivity contribution < 1.29 is 9.13 Å². The fourth-order valence-electron chi connectivity index (χ4n) is 5.90. The second kappa shape index (κ2) is 11.3. The van der Waals surface area contributed by atoms with Crippen LogP contribution in [0.3, 0.4) is 0 Å². The molecule has 1 nitrogen and oxygen atoms in total. The minimum atomic E-state index is 0.0175. The Morgan fingerprint density at radius 1 is 0.844 bits per heavy atom. The largest absolute Gasteiger partial charge is 0.494 e. The van der Waals surface area contributed by atoms with Gasteiger partial charge in [0.1, 0.15) is 11.6 Å². The minimum Gasteiger partial charge on any atom is -0.494 e. The number of unbranched alkanes of at least 4 members (excludes halogenated alkanes) is 2. The fourth-order valence-corrected chi connectivity index (χ4v) is 5.90. The SMILES string of the molecule is CCCCCC1CCC(c2ccc(C3CCc4cc(OCCC)ccc4C3)c(F)c2)CC1. The summed E-state index contributed by atoms with van der Waals surface area (Å²) in [6.45, 7) is 5.17. The van der Waals surface area contributed by atoms with Crippen LogP contribution in [-0.2, 0) is 12.8 Å². The average Bonchev–Trinajstić information content (AvgIpc) is 2.83. The molecule has 2 heteroatoms. The molecule has 1 atom stereocenters. The van der Waals surface area contributed by atoms with E-state index in [1.807, 2.05) is 6.07 Å². The van der Waals surface area contributed by atoms with E-state index in [0.717, 1.165) is 49.5 Å². The van der Waals surface area contributed by atoms with Crippen LogP contribution in [0.4, 0.5) is 4.39 Å². The molecular formula is C30H41FO. The first kappa shape index (κ1) is 23.3. The van der Waals surface area contributed by atoms with Crippen molar-refractivity contribution in [2.75, 3.05) is 6.61 Å². The highest BCUT2D eigenvalue weighted by molar-refractivity contribution is 5.40. The fraction of sp³-hybridized carbons (Fsp3) is 0.600. The first-order valence-corrected chi connectivity index (χ1v) is 13.2. The quantitative estimate of drug-likeness (QED) is 0.357. The zero-order valence-corrected chi connectivity index (χ0v) is 20.2. The number of rotatable bonds is 9. The maximum Gasteiger partial charge on any atom is 0.126 e. The van der Waals surface area contributed by atoms with E-state index in [1.54, 1.807) is 0 Å². The van der Waals surface area contributed by atoms with E-state index in [1.165, 1.54) is 68.1 Å². The highest BCUT2D eigenvalue weighted by Crippen LogP contribution is 2.40. The van der Waals surface area contributed by atoms with E-state index >= 15 is 4.39 Å². The molecule has 0 N–H and O–H groups in total. The van der Waals surface area contributed by atoms with Gasteiger partial charge in [-0.05, 0) is 110 Å². The summed E-state index contributed by atoms with van der Waals surface area (Å²) in [6, 6.07) is 12.7. The number of aryl methyl sites for hydroxylation is 1. The van der Waals surface area contributed by atoms with Crippen LogP contribution in [0.2, 0.25) is 0 Å². The molecule has 0 aromatic heterocycles. The van der Waals surface area contributed by atoms with Crippen molar-refractivity contribution in [1.82, 2.24) is 0 Å². The number of hydrogen-bond acceptors (Lipinski definition) is 1. The zero-order chi connectivity index (χ0) is 22.3. The van der Waals surface area contributed by atoms with Crippen molar-refractivity contribution in [3.63, 3.8) is 0 Å². The van der Waals surface area contributed by atoms with Crippen molar-refractivity contribution in [2.24, 2.45) is 5.92 Å². The van der Waals surface area contributed by atoms with Gasteiger partial charge in [0.15, 0.2) is 0 Å². The Morgan fingerprint density at radius 2 is 1.69 bits per heavy atom. The van der Waals surface area contributed by atoms with Crippen molar-refractivity contribution in [2.45, 2.75) is 103 Å². The van der Waals surface area contributed by atoms with Crippen LogP contribution >= 0.6 is 0 Å². The highest BCUT2D eigenvalue weighted by Gasteiger charge is 2.26. The van der Waals surface area contributed by atoms with Gasteiger partial charge in [-0.15, -0.1) is 0 Å². The molecule has 1 unspecified atom stereocenters. The van der Waals surface area contributed by atoms with Gasteiger partial charge in [0.2, 0.25) is 0 Å². The molecule has 2 aromatic rings. The van der Waals surface area contributed by atoms with Gasteiger partial charge >= 0.3 is 0 Å². The van der Waals surface area contributed by atoms with Gasteiger partial charge in [0.05, 0.1) is 6.61 Å². The van der Waals surface area contributed by atoms with E-state index < -0.39 is 0 Å². The molecule has 1 saturated carbocycles. The molecule has 0 radical (unpaired) electrons. The lowest BCUT2D eigenvalue weighted by atomic mass is 9.76. The molecule has 0 saturated heterocycles. The Bertz CT molecular complexity index is 865. The molecule has 174 valence electrons. The lowest BCUT2D eigenvalue weighted by Crippen LogP contribution is -2.16.